The monoisotopic (exact) mass is 560 g/mol. The molecule has 0 aliphatic heterocycles. The third-order valence-corrected chi connectivity index (χ3v) is 6.86. The summed E-state index contributed by atoms with van der Waals surface area (Å²) in [4.78, 5) is 29.1. The number of amides is 3. The SMILES string of the molecule is CCCCCCCN(CCCCCC(=O)NCCc1ccc(OS(N)(=O)=O)cc1)C(=O)N(C)c1ccccc1. The molecule has 3 N–H and O–H groups in total. The van der Waals surface area contributed by atoms with Gasteiger partial charge in [0.15, 0.2) is 0 Å². The smallest absolute Gasteiger partial charge is 0.371 e. The lowest BCUT2D eigenvalue weighted by Gasteiger charge is -2.28. The Bertz CT molecular complexity index is 1090. The summed E-state index contributed by atoms with van der Waals surface area (Å²) >= 11 is 0. The van der Waals surface area contributed by atoms with Gasteiger partial charge < -0.3 is 14.4 Å². The van der Waals surface area contributed by atoms with Crippen LogP contribution in [0.3, 0.4) is 0 Å². The van der Waals surface area contributed by atoms with E-state index in [2.05, 4.69) is 16.4 Å². The van der Waals surface area contributed by atoms with Crippen LogP contribution < -0.4 is 19.5 Å². The third kappa shape index (κ3) is 13.5. The number of benzene rings is 2. The Hall–Kier alpha value is -3.11. The van der Waals surface area contributed by atoms with Gasteiger partial charge in [0.2, 0.25) is 5.91 Å². The highest BCUT2D eigenvalue weighted by Gasteiger charge is 2.18. The molecule has 2 aromatic rings. The number of nitrogens with two attached hydrogens (primary N) is 1. The number of carbonyl (C=O) groups excluding carboxylic acids is 2. The van der Waals surface area contributed by atoms with Crippen LogP contribution in [0.15, 0.2) is 54.6 Å². The minimum Gasteiger partial charge on any atom is -0.371 e. The molecule has 0 aliphatic rings. The van der Waals surface area contributed by atoms with Gasteiger partial charge in [-0.05, 0) is 55.5 Å². The van der Waals surface area contributed by atoms with Gasteiger partial charge in [-0.2, -0.15) is 13.6 Å². The second-order valence-electron chi connectivity index (χ2n) is 9.71. The standard InChI is InChI=1S/C29H44N4O5S/c1-3-4-5-6-12-23-33(29(35)32(2)26-14-9-7-10-15-26)24-13-8-11-16-28(34)31-22-21-25-17-19-27(20-18-25)38-39(30,36)37/h7,9-10,14-15,17-20H,3-6,8,11-13,16,21-24H2,1-2H3,(H,31,34)(H2,30,36,37). The molecule has 0 fully saturated rings. The fraction of sp³-hybridized carbons (Fsp3) is 0.517. The molecule has 0 spiro atoms. The summed E-state index contributed by atoms with van der Waals surface area (Å²) in [5.41, 5.74) is 1.82. The third-order valence-electron chi connectivity index (χ3n) is 6.44. The van der Waals surface area contributed by atoms with E-state index < -0.39 is 10.3 Å². The Kier molecular flexibility index (Phi) is 14.4. The highest BCUT2D eigenvalue weighted by molar-refractivity contribution is 7.84. The van der Waals surface area contributed by atoms with Gasteiger partial charge in [0.25, 0.3) is 0 Å². The number of rotatable bonds is 18. The van der Waals surface area contributed by atoms with Gasteiger partial charge in [-0.1, -0.05) is 69.4 Å². The van der Waals surface area contributed by atoms with Crippen LogP contribution >= 0.6 is 0 Å². The van der Waals surface area contributed by atoms with Crippen LogP contribution in [0.4, 0.5) is 10.5 Å². The van der Waals surface area contributed by atoms with Crippen molar-refractivity contribution in [2.24, 2.45) is 5.14 Å². The molecule has 3 amide bonds. The van der Waals surface area contributed by atoms with E-state index in [4.69, 9.17) is 5.14 Å². The zero-order valence-electron chi connectivity index (χ0n) is 23.3. The summed E-state index contributed by atoms with van der Waals surface area (Å²) in [7, 11) is -2.22. The van der Waals surface area contributed by atoms with E-state index in [9.17, 15) is 18.0 Å². The number of nitrogens with zero attached hydrogens (tertiary/aromatic N) is 2. The second-order valence-corrected chi connectivity index (χ2v) is 10.9. The van der Waals surface area contributed by atoms with E-state index in [1.165, 1.54) is 31.4 Å². The Labute approximate surface area is 234 Å². The molecule has 39 heavy (non-hydrogen) atoms. The largest absolute Gasteiger partial charge is 0.380 e. The number of hydrogen-bond acceptors (Lipinski definition) is 5. The molecule has 0 atom stereocenters. The highest BCUT2D eigenvalue weighted by atomic mass is 32.2. The van der Waals surface area contributed by atoms with E-state index in [0.717, 1.165) is 49.9 Å². The number of unbranched alkanes of at least 4 members (excludes halogenated alkanes) is 6. The van der Waals surface area contributed by atoms with Gasteiger partial charge in [-0.3, -0.25) is 9.69 Å². The van der Waals surface area contributed by atoms with Crippen molar-refractivity contribution in [1.82, 2.24) is 10.2 Å². The minimum atomic E-state index is -4.04. The van der Waals surface area contributed by atoms with Gasteiger partial charge in [0.1, 0.15) is 5.75 Å². The van der Waals surface area contributed by atoms with Crippen LogP contribution in [0.1, 0.15) is 70.3 Å². The van der Waals surface area contributed by atoms with Crippen molar-refractivity contribution in [2.45, 2.75) is 71.1 Å². The van der Waals surface area contributed by atoms with Crippen molar-refractivity contribution in [1.29, 1.82) is 0 Å². The lowest BCUT2D eigenvalue weighted by molar-refractivity contribution is -0.121. The molecule has 2 rings (SSSR count). The predicted octanol–water partition coefficient (Wildman–Crippen LogP) is 5.02. The van der Waals surface area contributed by atoms with Crippen molar-refractivity contribution >= 4 is 27.9 Å². The van der Waals surface area contributed by atoms with Gasteiger partial charge in [0, 0.05) is 38.8 Å². The normalized spacial score (nSPS) is 11.2. The number of nitrogens with one attached hydrogen (secondary N) is 1. The highest BCUT2D eigenvalue weighted by Crippen LogP contribution is 2.16. The molecule has 0 saturated carbocycles. The Balaban J connectivity index is 1.70. The lowest BCUT2D eigenvalue weighted by atomic mass is 10.1. The average Bonchev–Trinajstić information content (AvgIpc) is 2.91. The lowest BCUT2D eigenvalue weighted by Crippen LogP contribution is -2.42. The van der Waals surface area contributed by atoms with Crippen molar-refractivity contribution in [3.8, 4) is 5.75 Å². The molecule has 0 saturated heterocycles. The van der Waals surface area contributed by atoms with Gasteiger partial charge in [-0.15, -0.1) is 0 Å². The first-order valence-corrected chi connectivity index (χ1v) is 15.3. The van der Waals surface area contributed by atoms with E-state index >= 15 is 0 Å². The first kappa shape index (κ1) is 32.1. The van der Waals surface area contributed by atoms with Crippen LogP contribution in [-0.2, 0) is 21.5 Å². The first-order chi connectivity index (χ1) is 18.7. The molecular weight excluding hydrogens is 516 g/mol. The molecule has 216 valence electrons. The predicted molar refractivity (Wildman–Crippen MR) is 156 cm³/mol. The first-order valence-electron chi connectivity index (χ1n) is 13.8. The van der Waals surface area contributed by atoms with Crippen molar-refractivity contribution in [2.75, 3.05) is 31.6 Å². The number of hydrogen-bond donors (Lipinski definition) is 2. The molecule has 9 nitrogen and oxygen atoms in total. The molecular formula is C29H44N4O5S. The van der Waals surface area contributed by atoms with Crippen LogP contribution in [0, 0.1) is 0 Å². The van der Waals surface area contributed by atoms with Gasteiger partial charge in [-0.25, -0.2) is 4.79 Å². The van der Waals surface area contributed by atoms with E-state index in [1.807, 2.05) is 42.3 Å². The maximum atomic E-state index is 13.2. The molecule has 10 heteroatoms. The number of carbonyl (C=O) groups is 2. The van der Waals surface area contributed by atoms with E-state index in [-0.39, 0.29) is 17.7 Å². The summed E-state index contributed by atoms with van der Waals surface area (Å²) in [6.07, 6.45) is 9.28. The van der Waals surface area contributed by atoms with E-state index in [0.29, 0.717) is 25.9 Å². The minimum absolute atomic E-state index is 0.00292. The molecule has 0 heterocycles. The Morgan fingerprint density at radius 2 is 1.49 bits per heavy atom. The summed E-state index contributed by atoms with van der Waals surface area (Å²) in [5.74, 6) is 0.144. The molecule has 0 bridgehead atoms. The van der Waals surface area contributed by atoms with Crippen molar-refractivity contribution in [3.05, 3.63) is 60.2 Å². The van der Waals surface area contributed by atoms with Crippen LogP contribution in [0.25, 0.3) is 0 Å². The van der Waals surface area contributed by atoms with Gasteiger partial charge in [0.05, 0.1) is 0 Å². The van der Waals surface area contributed by atoms with E-state index in [1.54, 1.807) is 17.0 Å². The summed E-state index contributed by atoms with van der Waals surface area (Å²) in [6.45, 7) is 4.10. The number of anilines is 1. The molecule has 0 radical (unpaired) electrons. The molecule has 2 aromatic carbocycles. The summed E-state index contributed by atoms with van der Waals surface area (Å²) < 4.78 is 26.5. The fourth-order valence-electron chi connectivity index (χ4n) is 4.23. The number of urea groups is 1. The van der Waals surface area contributed by atoms with Crippen LogP contribution in [0.2, 0.25) is 0 Å². The zero-order chi connectivity index (χ0) is 28.5. The Morgan fingerprint density at radius 3 is 2.10 bits per heavy atom. The van der Waals surface area contributed by atoms with Crippen molar-refractivity contribution in [3.63, 3.8) is 0 Å². The zero-order valence-corrected chi connectivity index (χ0v) is 24.1. The average molecular weight is 561 g/mol. The quantitative estimate of drug-likeness (QED) is 0.248. The number of para-hydroxylation sites is 1. The molecule has 0 aliphatic carbocycles. The second kappa shape index (κ2) is 17.5. The summed E-state index contributed by atoms with van der Waals surface area (Å²) in [5, 5.41) is 7.78. The van der Waals surface area contributed by atoms with Crippen molar-refractivity contribution < 1.29 is 22.2 Å². The fourth-order valence-corrected chi connectivity index (χ4v) is 4.61. The molecule has 0 unspecified atom stereocenters. The van der Waals surface area contributed by atoms with Crippen LogP contribution in [-0.4, -0.2) is 51.9 Å². The molecule has 0 aromatic heterocycles. The Morgan fingerprint density at radius 1 is 0.872 bits per heavy atom. The van der Waals surface area contributed by atoms with Gasteiger partial charge >= 0.3 is 16.3 Å². The maximum Gasteiger partial charge on any atom is 0.380 e. The maximum absolute atomic E-state index is 13.2. The summed E-state index contributed by atoms with van der Waals surface area (Å²) in [6, 6.07) is 16.2. The topological polar surface area (TPSA) is 122 Å². The van der Waals surface area contributed by atoms with Crippen LogP contribution in [0.5, 0.6) is 5.75 Å².